The summed E-state index contributed by atoms with van der Waals surface area (Å²) in [6.07, 6.45) is 9.47. The van der Waals surface area contributed by atoms with E-state index in [9.17, 15) is 0 Å². The molecule has 0 saturated carbocycles. The zero-order valence-electron chi connectivity index (χ0n) is 7.43. The van der Waals surface area contributed by atoms with Gasteiger partial charge >= 0.3 is 86.7 Å². The van der Waals surface area contributed by atoms with E-state index in [0.717, 1.165) is 6.42 Å². The molecule has 0 aliphatic heterocycles. The maximum absolute atomic E-state index is 6.47. The van der Waals surface area contributed by atoms with Gasteiger partial charge in [-0.15, -0.1) is 0 Å². The van der Waals surface area contributed by atoms with E-state index in [1.165, 1.54) is 0 Å². The van der Waals surface area contributed by atoms with Crippen LogP contribution in [0, 0.1) is 0 Å². The first-order valence-electron chi connectivity index (χ1n) is 4.31. The number of rotatable bonds is 3. The first kappa shape index (κ1) is 11.0. The van der Waals surface area contributed by atoms with Crippen LogP contribution >= 0.6 is 17.0 Å². The number of hydrogen-bond donors (Lipinski definition) is 0. The number of halogens is 2. The number of allylic oxidation sites excluding steroid dienone is 4. The van der Waals surface area contributed by atoms with Crippen molar-refractivity contribution in [2.75, 3.05) is 0 Å². The summed E-state index contributed by atoms with van der Waals surface area (Å²) < 4.78 is 0.914. The van der Waals surface area contributed by atoms with Gasteiger partial charge in [0.25, 0.3) is 0 Å². The monoisotopic (exact) mass is 282 g/mol. The molecule has 12 heavy (non-hydrogen) atoms. The van der Waals surface area contributed by atoms with Crippen molar-refractivity contribution in [1.82, 2.24) is 0 Å². The average Bonchev–Trinajstić information content (AvgIpc) is 2.55. The Morgan fingerprint density at radius 2 is 1.83 bits per heavy atom. The van der Waals surface area contributed by atoms with E-state index in [-0.39, 0.29) is 0 Å². The van der Waals surface area contributed by atoms with Crippen molar-refractivity contribution in [1.29, 1.82) is 0 Å². The van der Waals surface area contributed by atoms with Crippen LogP contribution in [0.5, 0.6) is 0 Å². The van der Waals surface area contributed by atoms with E-state index in [2.05, 4.69) is 26.0 Å². The Balaban J connectivity index is 2.70. The van der Waals surface area contributed by atoms with Crippen LogP contribution in [0.25, 0.3) is 0 Å². The molecule has 0 saturated heterocycles. The van der Waals surface area contributed by atoms with E-state index >= 15 is 0 Å². The van der Waals surface area contributed by atoms with Crippen LogP contribution in [0.2, 0.25) is 7.25 Å². The quantitative estimate of drug-likeness (QED) is 0.711. The van der Waals surface area contributed by atoms with E-state index in [1.54, 1.807) is 0 Å². The van der Waals surface area contributed by atoms with E-state index in [1.807, 2.05) is 12.2 Å². The summed E-state index contributed by atoms with van der Waals surface area (Å²) >= 11 is -2.85. The normalized spacial score (nSPS) is 20.3. The molecule has 68 valence electrons. The Kier molecular flexibility index (Phi) is 4.08. The van der Waals surface area contributed by atoms with Crippen molar-refractivity contribution in [3.8, 4) is 0 Å². The minimum atomic E-state index is -2.85. The van der Waals surface area contributed by atoms with Gasteiger partial charge in [-0.2, -0.15) is 0 Å². The van der Waals surface area contributed by atoms with Crippen LogP contribution in [-0.4, -0.2) is 0 Å². The van der Waals surface area contributed by atoms with Gasteiger partial charge in [-0.1, -0.05) is 0 Å². The first-order valence-corrected chi connectivity index (χ1v) is 13.5. The fourth-order valence-corrected chi connectivity index (χ4v) is 9.60. The summed E-state index contributed by atoms with van der Waals surface area (Å²) in [5, 5.41) is 0. The maximum atomic E-state index is 6.47. The molecule has 1 aliphatic carbocycles. The van der Waals surface area contributed by atoms with Gasteiger partial charge in [0.05, 0.1) is 0 Å². The van der Waals surface area contributed by atoms with Crippen molar-refractivity contribution >= 4 is 17.0 Å². The number of hydrogen-bond acceptors (Lipinski definition) is 0. The van der Waals surface area contributed by atoms with Crippen molar-refractivity contribution in [2.45, 2.75) is 27.5 Å². The van der Waals surface area contributed by atoms with Crippen LogP contribution in [0.4, 0.5) is 0 Å². The topological polar surface area (TPSA) is 0 Å². The summed E-state index contributed by atoms with van der Waals surface area (Å²) in [5.41, 5.74) is 0. The molecule has 1 unspecified atom stereocenters. The molecule has 3 heteroatoms. The third kappa shape index (κ3) is 2.25. The summed E-state index contributed by atoms with van der Waals surface area (Å²) in [6, 6.07) is 0. The fraction of sp³-hybridized carbons (Fsp3) is 0.556. The molecule has 1 aliphatic rings. The molecule has 0 amide bonds. The molecule has 0 aromatic heterocycles. The zero-order valence-corrected chi connectivity index (χ0v) is 11.4. The molecular formula is C9H14Cl2Zr. The summed E-state index contributed by atoms with van der Waals surface area (Å²) in [5.74, 6) is 0. The van der Waals surface area contributed by atoms with Crippen molar-refractivity contribution in [3.63, 3.8) is 0 Å². The van der Waals surface area contributed by atoms with E-state index < -0.39 is 17.9 Å². The predicted octanol–water partition coefficient (Wildman–Crippen LogP) is 4.58. The third-order valence-corrected chi connectivity index (χ3v) is 17.2. The average molecular weight is 284 g/mol. The second kappa shape index (κ2) is 4.44. The third-order valence-electron chi connectivity index (χ3n) is 2.46. The molecule has 0 nitrogen and oxygen atoms in total. The van der Waals surface area contributed by atoms with Gasteiger partial charge in [-0.3, -0.25) is 0 Å². The molecule has 0 radical (unpaired) electrons. The summed E-state index contributed by atoms with van der Waals surface area (Å²) in [4.78, 5) is 0. The molecule has 0 bridgehead atoms. The predicted molar refractivity (Wildman–Crippen MR) is 53.5 cm³/mol. The molecule has 0 aromatic carbocycles. The van der Waals surface area contributed by atoms with E-state index in [0.29, 0.717) is 7.25 Å². The van der Waals surface area contributed by atoms with Crippen LogP contribution in [0.3, 0.4) is 0 Å². The Labute approximate surface area is 86.1 Å². The van der Waals surface area contributed by atoms with Gasteiger partial charge in [-0.05, 0) is 0 Å². The van der Waals surface area contributed by atoms with Crippen LogP contribution in [-0.2, 0) is 17.9 Å². The SMILES string of the molecule is CC[CH](C)[Zr]([Cl])([Cl])[CH]1C=CC=C1. The Bertz CT molecular complexity index is 197. The molecule has 1 rings (SSSR count). The molecular weight excluding hydrogens is 270 g/mol. The molecule has 0 N–H and O–H groups in total. The van der Waals surface area contributed by atoms with Crippen molar-refractivity contribution < 1.29 is 17.9 Å². The van der Waals surface area contributed by atoms with Crippen LogP contribution in [0.15, 0.2) is 24.3 Å². The zero-order chi connectivity index (χ0) is 9.19. The standard InChI is InChI=1S/C5H5.C4H9.2ClH.Zr/c1-2-4-5-3-1;1-3-4-2;;;/h1-5H;3H,4H2,1-2H3;2*1H;/q;;;;+2/p-2. The van der Waals surface area contributed by atoms with E-state index in [4.69, 9.17) is 17.0 Å². The molecule has 0 spiro atoms. The first-order chi connectivity index (χ1) is 5.59. The van der Waals surface area contributed by atoms with Gasteiger partial charge in [-0.25, -0.2) is 0 Å². The second-order valence-corrected chi connectivity index (χ2v) is 19.2. The van der Waals surface area contributed by atoms with Crippen molar-refractivity contribution in [3.05, 3.63) is 24.3 Å². The molecule has 0 aromatic rings. The summed E-state index contributed by atoms with van der Waals surface area (Å²) in [6.45, 7) is 4.33. The fourth-order valence-electron chi connectivity index (χ4n) is 1.29. The summed E-state index contributed by atoms with van der Waals surface area (Å²) in [7, 11) is 12.9. The Morgan fingerprint density at radius 1 is 1.33 bits per heavy atom. The second-order valence-electron chi connectivity index (χ2n) is 3.28. The van der Waals surface area contributed by atoms with Gasteiger partial charge in [0.15, 0.2) is 0 Å². The van der Waals surface area contributed by atoms with Gasteiger partial charge in [0.1, 0.15) is 0 Å². The van der Waals surface area contributed by atoms with Crippen LogP contribution in [0.1, 0.15) is 20.3 Å². The molecule has 0 heterocycles. The van der Waals surface area contributed by atoms with Gasteiger partial charge in [0, 0.05) is 0 Å². The Hall–Kier alpha value is 0.943. The Morgan fingerprint density at radius 3 is 2.25 bits per heavy atom. The van der Waals surface area contributed by atoms with Crippen molar-refractivity contribution in [2.24, 2.45) is 0 Å². The molecule has 0 fully saturated rings. The van der Waals surface area contributed by atoms with Gasteiger partial charge in [0.2, 0.25) is 0 Å². The minimum absolute atomic E-state index is 0.387. The van der Waals surface area contributed by atoms with Gasteiger partial charge < -0.3 is 0 Å². The molecule has 1 atom stereocenters. The van der Waals surface area contributed by atoms with Crippen LogP contribution < -0.4 is 0 Å².